The van der Waals surface area contributed by atoms with Crippen molar-refractivity contribution in [3.05, 3.63) is 131 Å². The molecule has 6 nitrogen and oxygen atoms in total. The van der Waals surface area contributed by atoms with Gasteiger partial charge in [-0.2, -0.15) is 0 Å². The van der Waals surface area contributed by atoms with E-state index < -0.39 is 20.5 Å². The Bertz CT molecular complexity index is 1490. The predicted octanol–water partition coefficient (Wildman–Crippen LogP) is 8.35. The Balaban J connectivity index is 1.63. The first-order chi connectivity index (χ1) is 21.5. The maximum atomic E-state index is 14.4. The zero-order chi connectivity index (χ0) is 32.2. The summed E-state index contributed by atoms with van der Waals surface area (Å²) in [5.74, 6) is 1.45. The molecule has 1 amide bonds. The van der Waals surface area contributed by atoms with Crippen LogP contribution in [0.25, 0.3) is 0 Å². The smallest absolute Gasteiger partial charge is 0.255 e. The van der Waals surface area contributed by atoms with Gasteiger partial charge in [-0.15, -0.1) is 0 Å². The summed E-state index contributed by atoms with van der Waals surface area (Å²) in [6.07, 6.45) is -1.08. The molecule has 0 N–H and O–H groups in total. The first-order valence-electron chi connectivity index (χ1n) is 15.5. The number of amides is 1. The Morgan fingerprint density at radius 1 is 0.711 bits per heavy atom. The second kappa shape index (κ2) is 13.6. The van der Waals surface area contributed by atoms with E-state index in [4.69, 9.17) is 18.6 Å². The molecule has 236 valence electrons. The molecule has 4 aromatic carbocycles. The fourth-order valence-electron chi connectivity index (χ4n) is 5.60. The van der Waals surface area contributed by atoms with Crippen LogP contribution in [0, 0.1) is 0 Å². The van der Waals surface area contributed by atoms with Crippen LogP contribution in [-0.4, -0.2) is 45.5 Å². The second-order valence-corrected chi connectivity index (χ2v) is 17.9. The molecule has 0 unspecified atom stereocenters. The maximum Gasteiger partial charge on any atom is 0.255 e. The molecular weight excluding hydrogens is 579 g/mol. The first-order valence-corrected chi connectivity index (χ1v) is 18.4. The predicted molar refractivity (Wildman–Crippen MR) is 181 cm³/mol. The Kier molecular flexibility index (Phi) is 9.82. The Morgan fingerprint density at radius 2 is 1.20 bits per heavy atom. The molecule has 0 saturated carbocycles. The number of likely N-dealkylation sites (tertiary alicyclic amines) is 1. The molecule has 0 aromatic heterocycles. The summed E-state index contributed by atoms with van der Waals surface area (Å²) < 4.78 is 24.7. The average Bonchev–Trinajstić information content (AvgIpc) is 3.05. The number of ether oxygens (including phenoxy) is 3. The molecule has 1 fully saturated rings. The van der Waals surface area contributed by atoms with Crippen molar-refractivity contribution in [2.75, 3.05) is 14.2 Å². The third-order valence-electron chi connectivity index (χ3n) is 9.21. The molecule has 0 aliphatic carbocycles. The van der Waals surface area contributed by atoms with Gasteiger partial charge in [0.2, 0.25) is 0 Å². The molecule has 5 rings (SSSR count). The van der Waals surface area contributed by atoms with Crippen LogP contribution in [0.4, 0.5) is 0 Å². The number of hydrogen-bond acceptors (Lipinski definition) is 5. The summed E-state index contributed by atoms with van der Waals surface area (Å²) in [7, 11) is 1.00. The van der Waals surface area contributed by atoms with E-state index in [0.29, 0.717) is 6.61 Å². The van der Waals surface area contributed by atoms with E-state index in [1.54, 1.807) is 14.2 Å². The molecule has 0 radical (unpaired) electrons. The quantitative estimate of drug-likeness (QED) is 0.117. The standard InChI is InChI=1S/C38H45NO5Si/c1-38(2,3)45(6,7)44-35(30-16-12-9-13-17-30)34-36(43-26-27-14-10-8-11-15-27)37(40)39(34)33(28-18-22-31(41-4)23-19-28)29-20-24-32(42-5)25-21-29/h8-25,33-36H,26H2,1-7H3/t34-,35+,36+/m1/s1. The Hall–Kier alpha value is -3.91. The average molecular weight is 624 g/mol. The van der Waals surface area contributed by atoms with E-state index in [2.05, 4.69) is 46.0 Å². The number of carbonyl (C=O) groups excluding carboxylic acids is 1. The van der Waals surface area contributed by atoms with E-state index in [9.17, 15) is 4.79 Å². The van der Waals surface area contributed by atoms with Gasteiger partial charge in [0, 0.05) is 0 Å². The van der Waals surface area contributed by atoms with Gasteiger partial charge >= 0.3 is 0 Å². The lowest BCUT2D eigenvalue weighted by atomic mass is 9.83. The van der Waals surface area contributed by atoms with Crippen molar-refractivity contribution >= 4 is 14.2 Å². The monoisotopic (exact) mass is 623 g/mol. The lowest BCUT2D eigenvalue weighted by Gasteiger charge is -2.55. The maximum absolute atomic E-state index is 14.4. The molecule has 7 heteroatoms. The van der Waals surface area contributed by atoms with Gasteiger partial charge in [0.15, 0.2) is 14.4 Å². The highest BCUT2D eigenvalue weighted by Crippen LogP contribution is 2.48. The van der Waals surface area contributed by atoms with Crippen LogP contribution in [-0.2, 0) is 20.6 Å². The normalized spacial score (nSPS) is 17.6. The lowest BCUT2D eigenvalue weighted by Crippen LogP contribution is -2.69. The minimum absolute atomic E-state index is 0.0373. The van der Waals surface area contributed by atoms with Crippen molar-refractivity contribution in [2.45, 2.75) is 69.8 Å². The van der Waals surface area contributed by atoms with Crippen LogP contribution < -0.4 is 9.47 Å². The lowest BCUT2D eigenvalue weighted by molar-refractivity contribution is -0.191. The summed E-state index contributed by atoms with van der Waals surface area (Å²) in [5.41, 5.74) is 3.99. The van der Waals surface area contributed by atoms with Gasteiger partial charge in [-0.05, 0) is 64.7 Å². The molecule has 1 saturated heterocycles. The Labute approximate surface area is 269 Å². The van der Waals surface area contributed by atoms with Crippen molar-refractivity contribution in [2.24, 2.45) is 0 Å². The van der Waals surface area contributed by atoms with Crippen molar-refractivity contribution in [3.8, 4) is 11.5 Å². The van der Waals surface area contributed by atoms with Crippen LogP contribution in [0.5, 0.6) is 11.5 Å². The van der Waals surface area contributed by atoms with Crippen LogP contribution >= 0.6 is 0 Å². The fourth-order valence-corrected chi connectivity index (χ4v) is 6.86. The molecule has 1 aliphatic heterocycles. The number of β-lactam (4-membered cyclic amide) rings is 1. The Morgan fingerprint density at radius 3 is 1.67 bits per heavy atom. The first kappa shape index (κ1) is 32.5. The van der Waals surface area contributed by atoms with Gasteiger partial charge in [0.25, 0.3) is 5.91 Å². The van der Waals surface area contributed by atoms with Gasteiger partial charge < -0.3 is 23.5 Å². The fraction of sp³-hybridized carbons (Fsp3) is 0.342. The molecule has 1 heterocycles. The molecule has 4 aromatic rings. The van der Waals surface area contributed by atoms with E-state index >= 15 is 0 Å². The third kappa shape index (κ3) is 7.01. The van der Waals surface area contributed by atoms with E-state index in [0.717, 1.165) is 33.8 Å². The number of carbonyl (C=O) groups is 1. The number of hydrogen-bond donors (Lipinski definition) is 0. The zero-order valence-corrected chi connectivity index (χ0v) is 28.4. The molecule has 0 spiro atoms. The van der Waals surface area contributed by atoms with Crippen molar-refractivity contribution < 1.29 is 23.4 Å². The van der Waals surface area contributed by atoms with Crippen LogP contribution in [0.1, 0.15) is 55.2 Å². The topological polar surface area (TPSA) is 57.2 Å². The van der Waals surface area contributed by atoms with Crippen molar-refractivity contribution in [1.82, 2.24) is 4.90 Å². The summed E-state index contributed by atoms with van der Waals surface area (Å²) in [5, 5.41) is -0.0373. The highest BCUT2D eigenvalue weighted by atomic mass is 28.4. The molecule has 0 bridgehead atoms. The number of nitrogens with zero attached hydrogens (tertiary/aromatic N) is 1. The highest BCUT2D eigenvalue weighted by Gasteiger charge is 2.57. The van der Waals surface area contributed by atoms with Gasteiger partial charge in [0.1, 0.15) is 11.5 Å². The van der Waals surface area contributed by atoms with Crippen LogP contribution in [0.15, 0.2) is 109 Å². The largest absolute Gasteiger partial charge is 0.497 e. The van der Waals surface area contributed by atoms with E-state index in [1.807, 2.05) is 102 Å². The number of benzene rings is 4. The zero-order valence-electron chi connectivity index (χ0n) is 27.4. The molecular formula is C38H45NO5Si. The molecule has 1 aliphatic rings. The van der Waals surface area contributed by atoms with E-state index in [-0.39, 0.29) is 23.0 Å². The van der Waals surface area contributed by atoms with Gasteiger partial charge in [-0.25, -0.2) is 0 Å². The van der Waals surface area contributed by atoms with Gasteiger partial charge in [-0.1, -0.05) is 106 Å². The van der Waals surface area contributed by atoms with Crippen molar-refractivity contribution in [3.63, 3.8) is 0 Å². The third-order valence-corrected chi connectivity index (χ3v) is 13.7. The van der Waals surface area contributed by atoms with Crippen LogP contribution in [0.2, 0.25) is 18.1 Å². The summed E-state index contributed by atoms with van der Waals surface area (Å²) in [4.78, 5) is 16.4. The SMILES string of the molecule is COc1ccc(C(c2ccc(OC)cc2)N2C(=O)[C@@H](OCc3ccccc3)[C@H]2[C@@H](O[Si](C)(C)C(C)(C)C)c2ccccc2)cc1. The summed E-state index contributed by atoms with van der Waals surface area (Å²) in [6.45, 7) is 11.6. The molecule has 45 heavy (non-hydrogen) atoms. The second-order valence-electron chi connectivity index (χ2n) is 13.1. The summed E-state index contributed by atoms with van der Waals surface area (Å²) >= 11 is 0. The highest BCUT2D eigenvalue weighted by molar-refractivity contribution is 6.74. The van der Waals surface area contributed by atoms with Crippen molar-refractivity contribution in [1.29, 1.82) is 0 Å². The van der Waals surface area contributed by atoms with Gasteiger partial charge in [0.05, 0.1) is 39.0 Å². The minimum Gasteiger partial charge on any atom is -0.497 e. The molecule has 3 atom stereocenters. The number of rotatable bonds is 12. The minimum atomic E-state index is -2.31. The van der Waals surface area contributed by atoms with E-state index in [1.165, 1.54) is 0 Å². The van der Waals surface area contributed by atoms with Crippen LogP contribution in [0.3, 0.4) is 0 Å². The van der Waals surface area contributed by atoms with Gasteiger partial charge in [-0.3, -0.25) is 4.79 Å². The summed E-state index contributed by atoms with van der Waals surface area (Å²) in [6, 6.07) is 35.4. The number of methoxy groups -OCH3 is 2.